The molecular formula is C28H36N4O6. The Kier molecular flexibility index (Phi) is 12.7. The highest BCUT2D eigenvalue weighted by Gasteiger charge is 2.29. The Hall–Kier alpha value is -4.02. The van der Waals surface area contributed by atoms with Crippen LogP contribution in [0.2, 0.25) is 0 Å². The third-order valence-corrected chi connectivity index (χ3v) is 6.06. The maximum atomic E-state index is 11.6. The Labute approximate surface area is 222 Å². The van der Waals surface area contributed by atoms with Gasteiger partial charge >= 0.3 is 11.9 Å². The minimum atomic E-state index is -1.26. The average Bonchev–Trinajstić information content (AvgIpc) is 3.45. The van der Waals surface area contributed by atoms with E-state index < -0.39 is 11.9 Å². The van der Waals surface area contributed by atoms with Gasteiger partial charge in [0.2, 0.25) is 11.8 Å². The van der Waals surface area contributed by atoms with Crippen LogP contribution in [0.25, 0.3) is 0 Å². The second-order valence-electron chi connectivity index (χ2n) is 9.14. The van der Waals surface area contributed by atoms with Crippen molar-refractivity contribution < 1.29 is 29.4 Å². The van der Waals surface area contributed by atoms with Crippen molar-refractivity contribution in [2.45, 2.75) is 25.9 Å². The number of benzene rings is 2. The number of carbonyl (C=O) groups excluding carboxylic acids is 2. The molecule has 2 aromatic rings. The van der Waals surface area contributed by atoms with Gasteiger partial charge in [-0.1, -0.05) is 60.7 Å². The summed E-state index contributed by atoms with van der Waals surface area (Å²) >= 11 is 0. The molecule has 0 aliphatic carbocycles. The number of carboxylic acid groups (broad SMARTS) is 2. The van der Waals surface area contributed by atoms with Gasteiger partial charge in [0.05, 0.1) is 0 Å². The summed E-state index contributed by atoms with van der Waals surface area (Å²) in [4.78, 5) is 46.1. The highest BCUT2D eigenvalue weighted by Crippen LogP contribution is 2.19. The van der Waals surface area contributed by atoms with Crippen LogP contribution in [0.1, 0.15) is 24.0 Å². The molecule has 0 spiro atoms. The number of carbonyl (C=O) groups is 4. The zero-order valence-electron chi connectivity index (χ0n) is 21.3. The van der Waals surface area contributed by atoms with Gasteiger partial charge in [0.15, 0.2) is 0 Å². The summed E-state index contributed by atoms with van der Waals surface area (Å²) in [6.07, 6.45) is 2.34. The van der Waals surface area contributed by atoms with Gasteiger partial charge in [0.25, 0.3) is 0 Å². The molecule has 2 amide bonds. The fraction of sp³-hybridized carbons (Fsp3) is 0.357. The smallest absolute Gasteiger partial charge is 0.328 e. The first-order valence-electron chi connectivity index (χ1n) is 12.4. The van der Waals surface area contributed by atoms with Crippen LogP contribution in [0.15, 0.2) is 72.8 Å². The molecule has 0 unspecified atom stereocenters. The van der Waals surface area contributed by atoms with E-state index in [1.807, 2.05) is 70.5 Å². The van der Waals surface area contributed by atoms with Crippen molar-refractivity contribution in [2.75, 3.05) is 26.2 Å². The monoisotopic (exact) mass is 524 g/mol. The maximum absolute atomic E-state index is 11.6. The first-order chi connectivity index (χ1) is 18.2. The Morgan fingerprint density at radius 2 is 1.05 bits per heavy atom. The predicted molar refractivity (Wildman–Crippen MR) is 142 cm³/mol. The molecule has 4 rings (SSSR count). The normalized spacial score (nSPS) is 18.6. The van der Waals surface area contributed by atoms with Crippen molar-refractivity contribution in [1.29, 1.82) is 0 Å². The zero-order valence-corrected chi connectivity index (χ0v) is 21.3. The molecule has 2 aromatic carbocycles. The molecule has 2 fully saturated rings. The summed E-state index contributed by atoms with van der Waals surface area (Å²) in [7, 11) is 0. The third-order valence-electron chi connectivity index (χ3n) is 6.06. The number of nitrogens with zero attached hydrogens (tertiary/aromatic N) is 2. The first-order valence-corrected chi connectivity index (χ1v) is 12.4. The van der Waals surface area contributed by atoms with Crippen molar-refractivity contribution in [1.82, 2.24) is 9.80 Å². The van der Waals surface area contributed by atoms with E-state index in [1.54, 1.807) is 0 Å². The first kappa shape index (κ1) is 30.2. The zero-order chi connectivity index (χ0) is 27.9. The van der Waals surface area contributed by atoms with E-state index in [0.717, 1.165) is 26.2 Å². The highest BCUT2D eigenvalue weighted by atomic mass is 16.4. The molecule has 2 saturated heterocycles. The van der Waals surface area contributed by atoms with Crippen molar-refractivity contribution in [3.63, 3.8) is 0 Å². The summed E-state index contributed by atoms with van der Waals surface area (Å²) in [5, 5.41) is 15.6. The molecule has 2 aliphatic rings. The molecule has 0 aromatic heterocycles. The van der Waals surface area contributed by atoms with Gasteiger partial charge in [-0.3, -0.25) is 9.59 Å². The SMILES string of the molecule is NC[C@@H]1CC(=O)N(Cc2ccccc2)C1.NC[C@@H]1CC(=O)N(Cc2ccccc2)C1.O=C(O)/C=C/C(=O)O. The van der Waals surface area contributed by atoms with Gasteiger partial charge in [-0.05, 0) is 36.1 Å². The van der Waals surface area contributed by atoms with E-state index in [1.165, 1.54) is 11.1 Å². The Bertz CT molecular complexity index is 992. The van der Waals surface area contributed by atoms with Gasteiger partial charge in [0, 0.05) is 51.2 Å². The molecule has 10 heteroatoms. The third kappa shape index (κ3) is 10.9. The largest absolute Gasteiger partial charge is 0.478 e. The number of nitrogens with two attached hydrogens (primary N) is 2. The van der Waals surface area contributed by atoms with Crippen LogP contribution in [0.4, 0.5) is 0 Å². The van der Waals surface area contributed by atoms with E-state index in [4.69, 9.17) is 21.7 Å². The average molecular weight is 525 g/mol. The number of amides is 2. The molecule has 0 bridgehead atoms. The van der Waals surface area contributed by atoms with E-state index in [9.17, 15) is 19.2 Å². The molecule has 2 atom stereocenters. The Morgan fingerprint density at radius 3 is 1.32 bits per heavy atom. The fourth-order valence-electron chi connectivity index (χ4n) is 4.08. The molecule has 2 aliphatic heterocycles. The van der Waals surface area contributed by atoms with Gasteiger partial charge in [-0.25, -0.2) is 9.59 Å². The quantitative estimate of drug-likeness (QED) is 0.379. The second kappa shape index (κ2) is 16.0. The van der Waals surface area contributed by atoms with Crippen LogP contribution < -0.4 is 11.5 Å². The van der Waals surface area contributed by atoms with Gasteiger partial charge in [-0.15, -0.1) is 0 Å². The lowest BCUT2D eigenvalue weighted by Crippen LogP contribution is -2.25. The summed E-state index contributed by atoms with van der Waals surface area (Å²) < 4.78 is 0. The molecule has 38 heavy (non-hydrogen) atoms. The van der Waals surface area contributed by atoms with E-state index >= 15 is 0 Å². The topological polar surface area (TPSA) is 167 Å². The molecule has 6 N–H and O–H groups in total. The number of carboxylic acids is 2. The Balaban J connectivity index is 0.000000211. The highest BCUT2D eigenvalue weighted by molar-refractivity contribution is 5.89. The summed E-state index contributed by atoms with van der Waals surface area (Å²) in [5.74, 6) is -1.36. The lowest BCUT2D eigenvalue weighted by molar-refractivity contribution is -0.134. The standard InChI is InChI=1S/2C12H16N2O.C4H4O4/c2*13-7-11-6-12(15)14(9-11)8-10-4-2-1-3-5-10;5-3(6)1-2-4(7)8/h2*1-5,11H,6-9,13H2;1-2H,(H,5,6)(H,7,8)/b;;2-1+/t2*11-;/m00./s1. The molecule has 2 heterocycles. The molecule has 0 saturated carbocycles. The summed E-state index contributed by atoms with van der Waals surface area (Å²) in [5.41, 5.74) is 13.5. The molecule has 0 radical (unpaired) electrons. The number of likely N-dealkylation sites (tertiary alicyclic amines) is 2. The fourth-order valence-corrected chi connectivity index (χ4v) is 4.08. The number of hydrogen-bond acceptors (Lipinski definition) is 6. The number of aliphatic carboxylic acids is 2. The minimum Gasteiger partial charge on any atom is -0.478 e. The van der Waals surface area contributed by atoms with Crippen molar-refractivity contribution in [3.05, 3.63) is 83.9 Å². The summed E-state index contributed by atoms with van der Waals surface area (Å²) in [6, 6.07) is 20.1. The number of rotatable bonds is 8. The minimum absolute atomic E-state index is 0.231. The van der Waals surface area contributed by atoms with Crippen molar-refractivity contribution in [3.8, 4) is 0 Å². The van der Waals surface area contributed by atoms with Crippen LogP contribution in [0, 0.1) is 11.8 Å². The molecule has 10 nitrogen and oxygen atoms in total. The van der Waals surface area contributed by atoms with E-state index in [2.05, 4.69) is 0 Å². The van der Waals surface area contributed by atoms with Gasteiger partial charge in [0.1, 0.15) is 0 Å². The van der Waals surface area contributed by atoms with Crippen LogP contribution in [-0.4, -0.2) is 69.9 Å². The molecule has 204 valence electrons. The predicted octanol–water partition coefficient (Wildman–Crippen LogP) is 1.70. The van der Waals surface area contributed by atoms with Gasteiger partial charge in [-0.2, -0.15) is 0 Å². The summed E-state index contributed by atoms with van der Waals surface area (Å²) in [6.45, 7) is 4.27. The van der Waals surface area contributed by atoms with Crippen LogP contribution in [0.3, 0.4) is 0 Å². The van der Waals surface area contributed by atoms with E-state index in [0.29, 0.717) is 49.9 Å². The lowest BCUT2D eigenvalue weighted by Gasteiger charge is -2.16. The Morgan fingerprint density at radius 1 is 0.711 bits per heavy atom. The van der Waals surface area contributed by atoms with Crippen LogP contribution in [0.5, 0.6) is 0 Å². The number of hydrogen-bond donors (Lipinski definition) is 4. The van der Waals surface area contributed by atoms with E-state index in [-0.39, 0.29) is 11.8 Å². The maximum Gasteiger partial charge on any atom is 0.328 e. The van der Waals surface area contributed by atoms with Crippen LogP contribution in [-0.2, 0) is 32.3 Å². The van der Waals surface area contributed by atoms with Gasteiger partial charge < -0.3 is 31.5 Å². The van der Waals surface area contributed by atoms with Crippen LogP contribution >= 0.6 is 0 Å². The molecular weight excluding hydrogens is 488 g/mol. The second-order valence-corrected chi connectivity index (χ2v) is 9.14. The lowest BCUT2D eigenvalue weighted by atomic mass is 10.1. The van der Waals surface area contributed by atoms with Crippen molar-refractivity contribution in [2.24, 2.45) is 23.3 Å². The van der Waals surface area contributed by atoms with Crippen molar-refractivity contribution >= 4 is 23.8 Å².